The Morgan fingerprint density at radius 1 is 0.684 bits per heavy atom. The molecule has 1 saturated heterocycles. The third kappa shape index (κ3) is 6.54. The van der Waals surface area contributed by atoms with Crippen LogP contribution in [-0.2, 0) is 38.8 Å². The Kier molecular flexibility index (Phi) is 8.57. The Morgan fingerprint density at radius 3 is 1.76 bits per heavy atom. The predicted octanol–water partition coefficient (Wildman–Crippen LogP) is 3.82. The molecule has 8 nitrogen and oxygen atoms in total. The van der Waals surface area contributed by atoms with Crippen molar-refractivity contribution in [3.63, 3.8) is 0 Å². The highest BCUT2D eigenvalue weighted by atomic mass is 16.6. The fourth-order valence-electron chi connectivity index (χ4n) is 4.47. The predicted molar refractivity (Wildman–Crippen MR) is 141 cm³/mol. The zero-order valence-electron chi connectivity index (χ0n) is 20.8. The average Bonchev–Trinajstić information content (AvgIpc) is 3.29. The number of ether oxygens (including phenoxy) is 4. The van der Waals surface area contributed by atoms with E-state index < -0.39 is 35.8 Å². The van der Waals surface area contributed by atoms with Crippen LogP contribution in [0.15, 0.2) is 113 Å². The van der Waals surface area contributed by atoms with Gasteiger partial charge in [0.25, 0.3) is 5.56 Å². The van der Waals surface area contributed by atoms with Crippen LogP contribution in [-0.4, -0.2) is 34.5 Å². The van der Waals surface area contributed by atoms with E-state index in [1.54, 1.807) is 0 Å². The lowest BCUT2D eigenvalue weighted by molar-refractivity contribution is -0.0921. The lowest BCUT2D eigenvalue weighted by Gasteiger charge is -2.25. The monoisotopic (exact) mass is 514 g/mol. The molecule has 0 spiro atoms. The maximum atomic E-state index is 12.7. The SMILES string of the molecule is O=c1ccn([C@H]2O[C@H](COCc3ccccc3)[C@@H](OCc3ccccc3)[C@H]2OCc2ccccc2)c(=O)[nH]1. The minimum Gasteiger partial charge on any atom is -0.374 e. The van der Waals surface area contributed by atoms with Gasteiger partial charge in [-0.15, -0.1) is 0 Å². The summed E-state index contributed by atoms with van der Waals surface area (Å²) in [5.74, 6) is 0. The van der Waals surface area contributed by atoms with Gasteiger partial charge in [-0.05, 0) is 16.7 Å². The summed E-state index contributed by atoms with van der Waals surface area (Å²) in [7, 11) is 0. The molecule has 196 valence electrons. The molecule has 4 aromatic rings. The summed E-state index contributed by atoms with van der Waals surface area (Å²) in [6.45, 7) is 1.27. The van der Waals surface area contributed by atoms with Crippen molar-refractivity contribution in [1.29, 1.82) is 0 Å². The minimum atomic E-state index is -0.825. The zero-order valence-corrected chi connectivity index (χ0v) is 20.8. The van der Waals surface area contributed by atoms with E-state index in [-0.39, 0.29) is 6.61 Å². The first-order valence-electron chi connectivity index (χ1n) is 12.6. The summed E-state index contributed by atoms with van der Waals surface area (Å²) in [4.78, 5) is 26.8. The number of nitrogens with zero attached hydrogens (tertiary/aromatic N) is 1. The molecule has 3 aromatic carbocycles. The third-order valence-electron chi connectivity index (χ3n) is 6.38. The third-order valence-corrected chi connectivity index (χ3v) is 6.38. The number of aromatic nitrogens is 2. The van der Waals surface area contributed by atoms with Gasteiger partial charge in [-0.2, -0.15) is 0 Å². The first-order chi connectivity index (χ1) is 18.7. The molecule has 2 heterocycles. The summed E-state index contributed by atoms with van der Waals surface area (Å²) in [5.41, 5.74) is 1.96. The summed E-state index contributed by atoms with van der Waals surface area (Å²) >= 11 is 0. The Bertz CT molecular complexity index is 1390. The molecular formula is C30H30N2O6. The van der Waals surface area contributed by atoms with Gasteiger partial charge < -0.3 is 18.9 Å². The van der Waals surface area contributed by atoms with Crippen molar-refractivity contribution in [2.24, 2.45) is 0 Å². The van der Waals surface area contributed by atoms with Crippen LogP contribution in [0.1, 0.15) is 22.9 Å². The molecule has 0 amide bonds. The maximum Gasteiger partial charge on any atom is 0.330 e. The Balaban J connectivity index is 1.41. The van der Waals surface area contributed by atoms with E-state index in [9.17, 15) is 9.59 Å². The van der Waals surface area contributed by atoms with Crippen molar-refractivity contribution >= 4 is 0 Å². The smallest absolute Gasteiger partial charge is 0.330 e. The number of nitrogens with one attached hydrogen (secondary N) is 1. The highest BCUT2D eigenvalue weighted by molar-refractivity contribution is 5.15. The van der Waals surface area contributed by atoms with Gasteiger partial charge in [0.05, 0.1) is 26.4 Å². The molecule has 8 heteroatoms. The zero-order chi connectivity index (χ0) is 26.2. The molecule has 1 aliphatic rings. The van der Waals surface area contributed by atoms with E-state index in [0.29, 0.717) is 19.8 Å². The second kappa shape index (κ2) is 12.6. The molecule has 5 rings (SSSR count). The second-order valence-electron chi connectivity index (χ2n) is 9.11. The Morgan fingerprint density at radius 2 is 1.21 bits per heavy atom. The minimum absolute atomic E-state index is 0.230. The first kappa shape index (κ1) is 25.8. The molecule has 0 unspecified atom stereocenters. The Hall–Kier alpha value is -3.82. The molecule has 38 heavy (non-hydrogen) atoms. The molecule has 4 atom stereocenters. The lowest BCUT2D eigenvalue weighted by atomic mass is 10.1. The number of aromatic amines is 1. The number of benzene rings is 3. The Labute approximate surface area is 220 Å². The van der Waals surface area contributed by atoms with Crippen molar-refractivity contribution in [1.82, 2.24) is 9.55 Å². The van der Waals surface area contributed by atoms with Crippen molar-refractivity contribution in [3.8, 4) is 0 Å². The highest BCUT2D eigenvalue weighted by Crippen LogP contribution is 2.34. The van der Waals surface area contributed by atoms with Gasteiger partial charge in [0.15, 0.2) is 6.23 Å². The number of hydrogen-bond acceptors (Lipinski definition) is 6. The largest absolute Gasteiger partial charge is 0.374 e. The van der Waals surface area contributed by atoms with E-state index in [1.165, 1.54) is 16.8 Å². The van der Waals surface area contributed by atoms with Crippen LogP contribution in [0, 0.1) is 0 Å². The van der Waals surface area contributed by atoms with Gasteiger partial charge in [-0.1, -0.05) is 91.0 Å². The van der Waals surface area contributed by atoms with Gasteiger partial charge in [-0.25, -0.2) is 4.79 Å². The van der Waals surface area contributed by atoms with E-state index >= 15 is 0 Å². The maximum absolute atomic E-state index is 12.7. The quantitative estimate of drug-likeness (QED) is 0.327. The van der Waals surface area contributed by atoms with Crippen LogP contribution in [0.2, 0.25) is 0 Å². The molecular weight excluding hydrogens is 484 g/mol. The van der Waals surface area contributed by atoms with Crippen molar-refractivity contribution in [3.05, 3.63) is 141 Å². The molecule has 0 bridgehead atoms. The molecule has 1 aliphatic heterocycles. The van der Waals surface area contributed by atoms with Crippen LogP contribution < -0.4 is 11.2 Å². The van der Waals surface area contributed by atoms with Crippen LogP contribution in [0.25, 0.3) is 0 Å². The lowest BCUT2D eigenvalue weighted by Crippen LogP contribution is -2.40. The van der Waals surface area contributed by atoms with E-state index in [4.69, 9.17) is 18.9 Å². The van der Waals surface area contributed by atoms with Crippen LogP contribution in [0.4, 0.5) is 0 Å². The van der Waals surface area contributed by atoms with Gasteiger partial charge >= 0.3 is 5.69 Å². The number of H-pyrrole nitrogens is 1. The standard InChI is InChI=1S/C30H30N2O6/c33-26-16-17-32(30(34)31-26)29-28(37-20-24-14-8-3-9-15-24)27(36-19-23-12-6-2-7-13-23)25(38-29)21-35-18-22-10-4-1-5-11-22/h1-17,25,27-29H,18-21H2,(H,31,33,34)/t25-,27-,28-,29+/m1/s1. The van der Waals surface area contributed by atoms with E-state index in [2.05, 4.69) is 4.98 Å². The van der Waals surface area contributed by atoms with Crippen molar-refractivity contribution in [2.45, 2.75) is 44.4 Å². The van der Waals surface area contributed by atoms with Crippen LogP contribution in [0.5, 0.6) is 0 Å². The molecule has 1 fully saturated rings. The normalized spacial score (nSPS) is 20.9. The average molecular weight is 515 g/mol. The molecule has 0 aliphatic carbocycles. The molecule has 0 radical (unpaired) electrons. The van der Waals surface area contributed by atoms with Crippen molar-refractivity contribution < 1.29 is 18.9 Å². The first-order valence-corrected chi connectivity index (χ1v) is 12.6. The summed E-state index contributed by atoms with van der Waals surface area (Å²) in [6.07, 6.45) is -1.11. The van der Waals surface area contributed by atoms with Gasteiger partial charge in [0.2, 0.25) is 0 Å². The van der Waals surface area contributed by atoms with Gasteiger partial charge in [-0.3, -0.25) is 14.3 Å². The van der Waals surface area contributed by atoms with Gasteiger partial charge in [0, 0.05) is 12.3 Å². The molecule has 1 aromatic heterocycles. The topological polar surface area (TPSA) is 91.8 Å². The van der Waals surface area contributed by atoms with Gasteiger partial charge in [0.1, 0.15) is 18.3 Å². The second-order valence-corrected chi connectivity index (χ2v) is 9.11. The highest BCUT2D eigenvalue weighted by Gasteiger charge is 2.47. The fourth-order valence-corrected chi connectivity index (χ4v) is 4.47. The van der Waals surface area contributed by atoms with Crippen LogP contribution >= 0.6 is 0 Å². The van der Waals surface area contributed by atoms with Crippen molar-refractivity contribution in [2.75, 3.05) is 6.61 Å². The van der Waals surface area contributed by atoms with E-state index in [0.717, 1.165) is 16.7 Å². The number of rotatable bonds is 11. The summed E-state index contributed by atoms with van der Waals surface area (Å²) < 4.78 is 26.5. The molecule has 1 N–H and O–H groups in total. The summed E-state index contributed by atoms with van der Waals surface area (Å²) in [5, 5.41) is 0. The fraction of sp³-hybridized carbons (Fsp3) is 0.267. The van der Waals surface area contributed by atoms with E-state index in [1.807, 2.05) is 91.0 Å². The number of hydrogen-bond donors (Lipinski definition) is 1. The molecule has 0 saturated carbocycles. The van der Waals surface area contributed by atoms with Crippen LogP contribution in [0.3, 0.4) is 0 Å². The summed E-state index contributed by atoms with van der Waals surface area (Å²) in [6, 6.07) is 30.8.